The molecule has 1 amide bonds. The maximum Gasteiger partial charge on any atom is 0.274 e. The molecule has 0 radical (unpaired) electrons. The number of carbonyl (C=O) groups excluding carboxylic acids is 1. The van der Waals surface area contributed by atoms with Crippen LogP contribution >= 0.6 is 12.2 Å². The van der Waals surface area contributed by atoms with Gasteiger partial charge >= 0.3 is 0 Å². The molecule has 0 aliphatic carbocycles. The topological polar surface area (TPSA) is 92.1 Å². The fraction of sp³-hybridized carbons (Fsp3) is 0.250. The van der Waals surface area contributed by atoms with Crippen LogP contribution in [0.25, 0.3) is 0 Å². The van der Waals surface area contributed by atoms with Gasteiger partial charge in [-0.25, -0.2) is 5.10 Å². The summed E-state index contributed by atoms with van der Waals surface area (Å²) >= 11 is 4.67. The predicted octanol–water partition coefficient (Wildman–Crippen LogP) is -0.872. The van der Waals surface area contributed by atoms with Crippen LogP contribution < -0.4 is 11.3 Å². The van der Waals surface area contributed by atoms with Crippen LogP contribution in [0, 0.1) is 0 Å². The van der Waals surface area contributed by atoms with Crippen LogP contribution in [0.1, 0.15) is 10.5 Å². The molecular weight excluding hydrogens is 216 g/mol. The zero-order valence-corrected chi connectivity index (χ0v) is 8.87. The Labute approximate surface area is 91.1 Å². The Morgan fingerprint density at radius 1 is 1.67 bits per heavy atom. The first-order chi connectivity index (χ1) is 7.00. The highest BCUT2D eigenvalue weighted by molar-refractivity contribution is 7.80. The van der Waals surface area contributed by atoms with Gasteiger partial charge in [0.25, 0.3) is 11.5 Å². The maximum absolute atomic E-state index is 11.6. The number of rotatable bonds is 3. The molecule has 1 aromatic heterocycles. The third kappa shape index (κ3) is 3.13. The third-order valence-electron chi connectivity index (χ3n) is 1.64. The molecule has 80 valence electrons. The van der Waals surface area contributed by atoms with Gasteiger partial charge in [0.1, 0.15) is 5.69 Å². The summed E-state index contributed by atoms with van der Waals surface area (Å²) in [5, 5.41) is 5.77. The largest absolute Gasteiger partial charge is 0.392 e. The molecule has 15 heavy (non-hydrogen) atoms. The van der Waals surface area contributed by atoms with Crippen LogP contribution in [-0.4, -0.2) is 39.6 Å². The van der Waals surface area contributed by atoms with Crippen molar-refractivity contribution in [3.05, 3.63) is 28.2 Å². The van der Waals surface area contributed by atoms with Crippen molar-refractivity contribution >= 4 is 23.1 Å². The summed E-state index contributed by atoms with van der Waals surface area (Å²) in [7, 11) is 1.55. The summed E-state index contributed by atoms with van der Waals surface area (Å²) < 4.78 is 0. The van der Waals surface area contributed by atoms with Gasteiger partial charge in [-0.05, 0) is 6.07 Å². The Balaban J connectivity index is 2.80. The summed E-state index contributed by atoms with van der Waals surface area (Å²) in [6, 6.07) is 2.58. The monoisotopic (exact) mass is 226 g/mol. The van der Waals surface area contributed by atoms with Crippen LogP contribution in [0.15, 0.2) is 16.9 Å². The number of aromatic nitrogens is 2. The summed E-state index contributed by atoms with van der Waals surface area (Å²) in [4.78, 5) is 23.9. The lowest BCUT2D eigenvalue weighted by molar-refractivity contribution is 0.0808. The van der Waals surface area contributed by atoms with Gasteiger partial charge in [0.05, 0.1) is 11.5 Å². The molecule has 0 spiro atoms. The van der Waals surface area contributed by atoms with E-state index in [0.717, 1.165) is 0 Å². The van der Waals surface area contributed by atoms with Crippen LogP contribution in [0.5, 0.6) is 0 Å². The number of nitrogens with one attached hydrogen (secondary N) is 1. The van der Waals surface area contributed by atoms with Crippen molar-refractivity contribution in [3.63, 3.8) is 0 Å². The quantitative estimate of drug-likeness (QED) is 0.653. The van der Waals surface area contributed by atoms with E-state index in [-0.39, 0.29) is 28.7 Å². The highest BCUT2D eigenvalue weighted by Gasteiger charge is 2.13. The summed E-state index contributed by atoms with van der Waals surface area (Å²) in [5.41, 5.74) is 5.08. The molecule has 7 heteroatoms. The van der Waals surface area contributed by atoms with Crippen molar-refractivity contribution in [1.82, 2.24) is 15.1 Å². The molecule has 6 nitrogen and oxygen atoms in total. The minimum absolute atomic E-state index is 0.147. The van der Waals surface area contributed by atoms with Gasteiger partial charge in [0.15, 0.2) is 0 Å². The number of thiocarbonyl (C=S) groups is 1. The molecule has 0 aliphatic rings. The number of carbonyl (C=O) groups is 1. The van der Waals surface area contributed by atoms with Gasteiger partial charge in [-0.15, -0.1) is 0 Å². The van der Waals surface area contributed by atoms with Gasteiger partial charge in [-0.2, -0.15) is 5.10 Å². The molecule has 0 unspecified atom stereocenters. The van der Waals surface area contributed by atoms with Crippen molar-refractivity contribution in [1.29, 1.82) is 0 Å². The van der Waals surface area contributed by atoms with Crippen molar-refractivity contribution in [2.24, 2.45) is 5.73 Å². The fourth-order valence-electron chi connectivity index (χ4n) is 0.965. The first-order valence-electron chi connectivity index (χ1n) is 4.10. The zero-order valence-electron chi connectivity index (χ0n) is 8.06. The minimum atomic E-state index is -0.358. The Kier molecular flexibility index (Phi) is 3.51. The third-order valence-corrected chi connectivity index (χ3v) is 1.77. The Morgan fingerprint density at radius 3 is 2.80 bits per heavy atom. The maximum atomic E-state index is 11.6. The van der Waals surface area contributed by atoms with E-state index in [4.69, 9.17) is 5.73 Å². The van der Waals surface area contributed by atoms with E-state index in [1.807, 2.05) is 0 Å². The Hall–Kier alpha value is -1.76. The van der Waals surface area contributed by atoms with Crippen LogP contribution in [-0.2, 0) is 0 Å². The number of nitrogens with zero attached hydrogens (tertiary/aromatic N) is 2. The van der Waals surface area contributed by atoms with Gasteiger partial charge in [-0.1, -0.05) is 12.2 Å². The molecule has 1 aromatic rings. The molecular formula is C8H10N4O2S. The van der Waals surface area contributed by atoms with Crippen LogP contribution in [0.3, 0.4) is 0 Å². The molecule has 3 N–H and O–H groups in total. The van der Waals surface area contributed by atoms with E-state index in [9.17, 15) is 9.59 Å². The van der Waals surface area contributed by atoms with Gasteiger partial charge < -0.3 is 10.6 Å². The fourth-order valence-corrected chi connectivity index (χ4v) is 1.16. The van der Waals surface area contributed by atoms with E-state index in [1.54, 1.807) is 7.05 Å². The smallest absolute Gasteiger partial charge is 0.274 e. The molecule has 1 heterocycles. The minimum Gasteiger partial charge on any atom is -0.392 e. The van der Waals surface area contributed by atoms with E-state index < -0.39 is 0 Å². The molecule has 0 bridgehead atoms. The summed E-state index contributed by atoms with van der Waals surface area (Å²) in [5.74, 6) is -0.348. The SMILES string of the molecule is CN(CC(N)=S)C(=O)c1ccc(=O)[nH]n1. The predicted molar refractivity (Wildman–Crippen MR) is 58.6 cm³/mol. The number of likely N-dealkylation sites (N-methyl/N-ethyl adjacent to an activating group) is 1. The number of H-pyrrole nitrogens is 1. The van der Waals surface area contributed by atoms with Gasteiger partial charge in [-0.3, -0.25) is 9.59 Å². The van der Waals surface area contributed by atoms with Crippen molar-refractivity contribution in [2.45, 2.75) is 0 Å². The molecule has 0 saturated carbocycles. The number of nitrogens with two attached hydrogens (primary N) is 1. The molecule has 0 atom stereocenters. The lowest BCUT2D eigenvalue weighted by Gasteiger charge is -2.14. The molecule has 0 fully saturated rings. The first kappa shape index (κ1) is 11.3. The summed E-state index contributed by atoms with van der Waals surface area (Å²) in [6.07, 6.45) is 0. The second-order valence-corrected chi connectivity index (χ2v) is 3.46. The average Bonchev–Trinajstić information content (AvgIpc) is 2.17. The number of hydrogen-bond donors (Lipinski definition) is 2. The number of aromatic amines is 1. The van der Waals surface area contributed by atoms with Crippen molar-refractivity contribution in [3.8, 4) is 0 Å². The van der Waals surface area contributed by atoms with E-state index in [0.29, 0.717) is 0 Å². The van der Waals surface area contributed by atoms with Crippen molar-refractivity contribution < 1.29 is 4.79 Å². The lowest BCUT2D eigenvalue weighted by Crippen LogP contribution is -2.35. The second-order valence-electron chi connectivity index (χ2n) is 2.93. The normalized spacial score (nSPS) is 9.67. The van der Waals surface area contributed by atoms with Crippen LogP contribution in [0.2, 0.25) is 0 Å². The van der Waals surface area contributed by atoms with Gasteiger partial charge in [0, 0.05) is 13.1 Å². The molecule has 0 aliphatic heterocycles. The number of amides is 1. The van der Waals surface area contributed by atoms with E-state index in [1.165, 1.54) is 17.0 Å². The highest BCUT2D eigenvalue weighted by Crippen LogP contribution is 1.96. The second kappa shape index (κ2) is 4.65. The summed E-state index contributed by atoms with van der Waals surface area (Å²) in [6.45, 7) is 0.176. The standard InChI is InChI=1S/C8H10N4O2S/c1-12(4-6(9)15)8(14)5-2-3-7(13)11-10-5/h2-3H,4H2,1H3,(H2,9,15)(H,11,13). The first-order valence-corrected chi connectivity index (χ1v) is 4.51. The molecule has 0 aromatic carbocycles. The zero-order chi connectivity index (χ0) is 11.4. The average molecular weight is 226 g/mol. The Morgan fingerprint density at radius 2 is 2.33 bits per heavy atom. The lowest BCUT2D eigenvalue weighted by atomic mass is 10.3. The van der Waals surface area contributed by atoms with Crippen molar-refractivity contribution in [2.75, 3.05) is 13.6 Å². The van der Waals surface area contributed by atoms with E-state index in [2.05, 4.69) is 22.4 Å². The highest BCUT2D eigenvalue weighted by atomic mass is 32.1. The molecule has 1 rings (SSSR count). The van der Waals surface area contributed by atoms with Gasteiger partial charge in [0.2, 0.25) is 0 Å². The van der Waals surface area contributed by atoms with Crippen LogP contribution in [0.4, 0.5) is 0 Å². The Bertz CT molecular complexity index is 422. The number of hydrogen-bond acceptors (Lipinski definition) is 4. The molecule has 0 saturated heterocycles. The van der Waals surface area contributed by atoms with E-state index >= 15 is 0 Å².